The molecule has 1 unspecified atom stereocenters. The average molecular weight is 405 g/mol. The van der Waals surface area contributed by atoms with E-state index in [-0.39, 0.29) is 23.4 Å². The highest BCUT2D eigenvalue weighted by molar-refractivity contribution is 5.76. The first-order valence-electron chi connectivity index (χ1n) is 10.6. The SMILES string of the molecule is CC.CCOC(=O)C1CN(Cc2ccccc2)CC12CN(C(=O)OC(C)(C)C)C2. The smallest absolute Gasteiger partial charge is 0.410 e. The van der Waals surface area contributed by atoms with E-state index in [0.29, 0.717) is 26.2 Å². The highest BCUT2D eigenvalue weighted by Gasteiger charge is 2.58. The van der Waals surface area contributed by atoms with Crippen LogP contribution < -0.4 is 0 Å². The lowest BCUT2D eigenvalue weighted by molar-refractivity contribution is -0.155. The highest BCUT2D eigenvalue weighted by Crippen LogP contribution is 2.45. The molecule has 2 aliphatic heterocycles. The normalized spacial score (nSPS) is 20.5. The van der Waals surface area contributed by atoms with Crippen molar-refractivity contribution in [2.45, 2.75) is 53.7 Å². The van der Waals surface area contributed by atoms with E-state index in [1.54, 1.807) is 4.90 Å². The molecule has 1 aromatic carbocycles. The van der Waals surface area contributed by atoms with E-state index in [2.05, 4.69) is 17.0 Å². The molecule has 0 radical (unpaired) electrons. The summed E-state index contributed by atoms with van der Waals surface area (Å²) in [4.78, 5) is 28.9. The van der Waals surface area contributed by atoms with Gasteiger partial charge in [-0.05, 0) is 33.3 Å². The van der Waals surface area contributed by atoms with Gasteiger partial charge in [-0.3, -0.25) is 9.69 Å². The molecule has 0 bridgehead atoms. The molecular formula is C23H36N2O4. The van der Waals surface area contributed by atoms with Crippen molar-refractivity contribution in [3.05, 3.63) is 35.9 Å². The summed E-state index contributed by atoms with van der Waals surface area (Å²) in [5.74, 6) is -0.364. The Balaban J connectivity index is 0.00000145. The van der Waals surface area contributed by atoms with Gasteiger partial charge >= 0.3 is 12.1 Å². The molecule has 6 nitrogen and oxygen atoms in total. The third-order valence-corrected chi connectivity index (χ3v) is 5.20. The maximum atomic E-state index is 12.6. The first-order valence-corrected chi connectivity index (χ1v) is 10.6. The predicted octanol–water partition coefficient (Wildman–Crippen LogP) is 3.94. The Bertz CT molecular complexity index is 678. The molecule has 6 heteroatoms. The number of esters is 1. The molecule has 0 saturated carbocycles. The zero-order valence-electron chi connectivity index (χ0n) is 18.7. The van der Waals surface area contributed by atoms with Gasteiger partial charge in [0.1, 0.15) is 5.60 Å². The number of hydrogen-bond acceptors (Lipinski definition) is 5. The molecule has 162 valence electrons. The third-order valence-electron chi connectivity index (χ3n) is 5.20. The highest BCUT2D eigenvalue weighted by atomic mass is 16.6. The number of benzene rings is 1. The van der Waals surface area contributed by atoms with Crippen LogP contribution >= 0.6 is 0 Å². The zero-order valence-corrected chi connectivity index (χ0v) is 18.7. The number of ether oxygens (including phenoxy) is 2. The number of rotatable bonds is 4. The summed E-state index contributed by atoms with van der Waals surface area (Å²) in [6.07, 6.45) is -0.308. The summed E-state index contributed by atoms with van der Waals surface area (Å²) in [7, 11) is 0. The van der Waals surface area contributed by atoms with E-state index in [1.807, 2.05) is 59.7 Å². The van der Waals surface area contributed by atoms with E-state index in [9.17, 15) is 9.59 Å². The fourth-order valence-corrected chi connectivity index (χ4v) is 4.09. The fraction of sp³-hybridized carbons (Fsp3) is 0.652. The van der Waals surface area contributed by atoms with Crippen LogP contribution in [0.15, 0.2) is 30.3 Å². The minimum atomic E-state index is -0.518. The first kappa shape index (κ1) is 23.2. The lowest BCUT2D eigenvalue weighted by Gasteiger charge is -2.50. The molecule has 0 aromatic heterocycles. The minimum Gasteiger partial charge on any atom is -0.466 e. The topological polar surface area (TPSA) is 59.1 Å². The summed E-state index contributed by atoms with van der Waals surface area (Å²) < 4.78 is 10.8. The van der Waals surface area contributed by atoms with Gasteiger partial charge in [-0.15, -0.1) is 0 Å². The number of carbonyl (C=O) groups is 2. The molecule has 2 saturated heterocycles. The monoisotopic (exact) mass is 404 g/mol. The molecule has 1 atom stereocenters. The van der Waals surface area contributed by atoms with Gasteiger partial charge in [0, 0.05) is 38.1 Å². The number of carbonyl (C=O) groups excluding carboxylic acids is 2. The van der Waals surface area contributed by atoms with Crippen LogP contribution in [0, 0.1) is 11.3 Å². The van der Waals surface area contributed by atoms with Gasteiger partial charge in [-0.25, -0.2) is 4.79 Å². The predicted molar refractivity (Wildman–Crippen MR) is 113 cm³/mol. The average Bonchev–Trinajstić information content (AvgIpc) is 3.01. The van der Waals surface area contributed by atoms with Crippen molar-refractivity contribution in [2.24, 2.45) is 11.3 Å². The number of hydrogen-bond donors (Lipinski definition) is 0. The van der Waals surface area contributed by atoms with Crippen molar-refractivity contribution in [3.63, 3.8) is 0 Å². The van der Waals surface area contributed by atoms with Crippen LogP contribution in [0.5, 0.6) is 0 Å². The van der Waals surface area contributed by atoms with Gasteiger partial charge in [-0.1, -0.05) is 44.2 Å². The summed E-state index contributed by atoms with van der Waals surface area (Å²) in [6.45, 7) is 15.1. The Hall–Kier alpha value is -2.08. The van der Waals surface area contributed by atoms with Crippen molar-refractivity contribution < 1.29 is 19.1 Å². The van der Waals surface area contributed by atoms with E-state index >= 15 is 0 Å². The summed E-state index contributed by atoms with van der Waals surface area (Å²) >= 11 is 0. The van der Waals surface area contributed by atoms with Crippen LogP contribution in [0.2, 0.25) is 0 Å². The van der Waals surface area contributed by atoms with Crippen LogP contribution in [0.4, 0.5) is 4.79 Å². The van der Waals surface area contributed by atoms with Crippen molar-refractivity contribution in [1.82, 2.24) is 9.80 Å². The van der Waals surface area contributed by atoms with Gasteiger partial charge in [0.25, 0.3) is 0 Å². The Morgan fingerprint density at radius 3 is 2.28 bits per heavy atom. The molecule has 1 aromatic rings. The summed E-state index contributed by atoms with van der Waals surface area (Å²) in [5, 5.41) is 0. The van der Waals surface area contributed by atoms with Crippen LogP contribution in [0.3, 0.4) is 0 Å². The quantitative estimate of drug-likeness (QED) is 0.712. The second kappa shape index (κ2) is 9.61. The van der Waals surface area contributed by atoms with Gasteiger partial charge in [0.05, 0.1) is 12.5 Å². The zero-order chi connectivity index (χ0) is 21.7. The van der Waals surface area contributed by atoms with Crippen molar-refractivity contribution in [3.8, 4) is 0 Å². The number of nitrogens with zero attached hydrogens (tertiary/aromatic N) is 2. The summed E-state index contributed by atoms with van der Waals surface area (Å²) in [6, 6.07) is 10.2. The summed E-state index contributed by atoms with van der Waals surface area (Å²) in [5.41, 5.74) is 0.466. The van der Waals surface area contributed by atoms with Gasteiger partial charge in [0.15, 0.2) is 0 Å². The standard InChI is InChI=1S/C21H30N2O4.C2H6/c1-5-26-18(24)17-12-22(11-16-9-7-6-8-10-16)13-21(17)14-23(15-21)19(25)27-20(2,3)4;1-2/h6-10,17H,5,11-15H2,1-4H3;1-2H3. The van der Waals surface area contributed by atoms with Crippen LogP contribution in [-0.4, -0.2) is 60.2 Å². The van der Waals surface area contributed by atoms with Gasteiger partial charge in [-0.2, -0.15) is 0 Å². The lowest BCUT2D eigenvalue weighted by atomic mass is 9.71. The van der Waals surface area contributed by atoms with E-state index in [1.165, 1.54) is 5.56 Å². The first-order chi connectivity index (χ1) is 13.7. The van der Waals surface area contributed by atoms with E-state index < -0.39 is 5.60 Å². The van der Waals surface area contributed by atoms with Gasteiger partial charge in [0.2, 0.25) is 0 Å². The van der Waals surface area contributed by atoms with Crippen LogP contribution in [-0.2, 0) is 20.8 Å². The van der Waals surface area contributed by atoms with Crippen molar-refractivity contribution >= 4 is 12.1 Å². The molecule has 2 heterocycles. The van der Waals surface area contributed by atoms with E-state index in [4.69, 9.17) is 9.47 Å². The molecule has 2 aliphatic rings. The Kier molecular flexibility index (Phi) is 7.69. The van der Waals surface area contributed by atoms with Gasteiger partial charge < -0.3 is 14.4 Å². The van der Waals surface area contributed by atoms with Crippen LogP contribution in [0.25, 0.3) is 0 Å². The second-order valence-electron chi connectivity index (χ2n) is 8.66. The molecule has 1 amide bonds. The molecule has 2 fully saturated rings. The molecule has 29 heavy (non-hydrogen) atoms. The lowest BCUT2D eigenvalue weighted by Crippen LogP contribution is -2.63. The number of likely N-dealkylation sites (tertiary alicyclic amines) is 2. The minimum absolute atomic E-state index is 0.156. The Morgan fingerprint density at radius 1 is 1.10 bits per heavy atom. The maximum Gasteiger partial charge on any atom is 0.410 e. The maximum absolute atomic E-state index is 12.6. The van der Waals surface area contributed by atoms with E-state index in [0.717, 1.165) is 13.1 Å². The van der Waals surface area contributed by atoms with Crippen LogP contribution in [0.1, 0.15) is 47.1 Å². The molecule has 0 aliphatic carbocycles. The largest absolute Gasteiger partial charge is 0.466 e. The van der Waals surface area contributed by atoms with Crippen molar-refractivity contribution in [2.75, 3.05) is 32.8 Å². The van der Waals surface area contributed by atoms with Crippen molar-refractivity contribution in [1.29, 1.82) is 0 Å². The fourth-order valence-electron chi connectivity index (χ4n) is 4.09. The Morgan fingerprint density at radius 2 is 1.72 bits per heavy atom. The molecule has 3 rings (SSSR count). The molecule has 0 N–H and O–H groups in total. The third kappa shape index (κ3) is 5.72. The Labute approximate surface area is 175 Å². The molecular weight excluding hydrogens is 368 g/mol. The second-order valence-corrected chi connectivity index (χ2v) is 8.66. The molecule has 1 spiro atoms. The number of amides is 1.